The van der Waals surface area contributed by atoms with E-state index in [4.69, 9.17) is 16.3 Å². The third-order valence-corrected chi connectivity index (χ3v) is 9.05. The van der Waals surface area contributed by atoms with Crippen LogP contribution in [0.3, 0.4) is 0 Å². The monoisotopic (exact) mass is 500 g/mol. The number of carbonyl (C=O) groups excluding carboxylic acids is 1. The SMILES string of the molecule is COc1ccc(NC(=O)CCS(=O)(=O)c2ccc(Cl)cc2)cc1S(=O)(=O)N1CCCCC1. The van der Waals surface area contributed by atoms with Gasteiger partial charge in [0.05, 0.1) is 17.8 Å². The molecule has 174 valence electrons. The quantitative estimate of drug-likeness (QED) is 0.595. The fourth-order valence-corrected chi connectivity index (χ4v) is 6.48. The smallest absolute Gasteiger partial charge is 0.246 e. The van der Waals surface area contributed by atoms with Crippen molar-refractivity contribution in [3.8, 4) is 5.75 Å². The largest absolute Gasteiger partial charge is 0.495 e. The van der Waals surface area contributed by atoms with Crippen molar-refractivity contribution in [2.24, 2.45) is 0 Å². The van der Waals surface area contributed by atoms with Crippen LogP contribution in [0, 0.1) is 0 Å². The van der Waals surface area contributed by atoms with Gasteiger partial charge in [0, 0.05) is 30.2 Å². The number of piperidine rings is 1. The van der Waals surface area contributed by atoms with Crippen molar-refractivity contribution in [2.45, 2.75) is 35.5 Å². The summed E-state index contributed by atoms with van der Waals surface area (Å²) in [6.07, 6.45) is 2.28. The van der Waals surface area contributed by atoms with Crippen molar-refractivity contribution < 1.29 is 26.4 Å². The van der Waals surface area contributed by atoms with E-state index >= 15 is 0 Å². The van der Waals surface area contributed by atoms with Crippen molar-refractivity contribution in [1.82, 2.24) is 4.31 Å². The summed E-state index contributed by atoms with van der Waals surface area (Å²) >= 11 is 5.78. The Bertz CT molecular complexity index is 1180. The second kappa shape index (κ2) is 10.2. The summed E-state index contributed by atoms with van der Waals surface area (Å²) in [6.45, 7) is 0.870. The van der Waals surface area contributed by atoms with Gasteiger partial charge in [-0.1, -0.05) is 18.0 Å². The van der Waals surface area contributed by atoms with Crippen LogP contribution in [-0.4, -0.2) is 53.0 Å². The van der Waals surface area contributed by atoms with E-state index in [0.29, 0.717) is 18.1 Å². The summed E-state index contributed by atoms with van der Waals surface area (Å²) in [5.41, 5.74) is 0.246. The molecule has 1 fully saturated rings. The lowest BCUT2D eigenvalue weighted by Gasteiger charge is -2.26. The standard InChI is InChI=1S/C21H25ClN2O6S2/c1-30-19-10-7-17(15-20(19)32(28,29)24-12-3-2-4-13-24)23-21(25)11-14-31(26,27)18-8-5-16(22)6-9-18/h5-10,15H,2-4,11-14H2,1H3,(H,23,25). The predicted octanol–water partition coefficient (Wildman–Crippen LogP) is 3.33. The summed E-state index contributed by atoms with van der Waals surface area (Å²) in [6, 6.07) is 10.0. The Morgan fingerprint density at radius 2 is 1.69 bits per heavy atom. The van der Waals surface area contributed by atoms with Gasteiger partial charge in [-0.25, -0.2) is 16.8 Å². The first kappa shape index (κ1) is 24.5. The highest BCUT2D eigenvalue weighted by Crippen LogP contribution is 2.31. The zero-order valence-electron chi connectivity index (χ0n) is 17.6. The molecular weight excluding hydrogens is 476 g/mol. The normalized spacial score (nSPS) is 15.3. The summed E-state index contributed by atoms with van der Waals surface area (Å²) in [7, 11) is -6.07. The second-order valence-corrected chi connectivity index (χ2v) is 11.9. The van der Waals surface area contributed by atoms with Gasteiger partial charge in [0.1, 0.15) is 10.6 Å². The van der Waals surface area contributed by atoms with Crippen LogP contribution in [0.1, 0.15) is 25.7 Å². The minimum Gasteiger partial charge on any atom is -0.495 e. The zero-order valence-corrected chi connectivity index (χ0v) is 20.0. The Hall–Kier alpha value is -2.14. The van der Waals surface area contributed by atoms with Crippen molar-refractivity contribution >= 4 is 43.1 Å². The van der Waals surface area contributed by atoms with Crippen LogP contribution in [0.15, 0.2) is 52.3 Å². The van der Waals surface area contributed by atoms with Crippen LogP contribution in [0.5, 0.6) is 5.75 Å². The molecule has 0 aromatic heterocycles. The van der Waals surface area contributed by atoms with E-state index in [2.05, 4.69) is 5.32 Å². The summed E-state index contributed by atoms with van der Waals surface area (Å²) in [4.78, 5) is 12.4. The van der Waals surface area contributed by atoms with E-state index in [9.17, 15) is 21.6 Å². The van der Waals surface area contributed by atoms with E-state index in [-0.39, 0.29) is 27.6 Å². The third-order valence-electron chi connectivity index (χ3n) is 5.15. The summed E-state index contributed by atoms with van der Waals surface area (Å²) < 4.78 is 57.7. The number of nitrogens with zero attached hydrogens (tertiary/aromatic N) is 1. The number of anilines is 1. The van der Waals surface area contributed by atoms with Gasteiger partial charge in [-0.05, 0) is 55.3 Å². The number of sulfonamides is 1. The lowest BCUT2D eigenvalue weighted by atomic mass is 10.2. The Kier molecular flexibility index (Phi) is 7.81. The molecule has 1 aliphatic rings. The molecule has 2 aromatic rings. The molecule has 8 nitrogen and oxygen atoms in total. The number of ether oxygens (including phenoxy) is 1. The number of hydrogen-bond acceptors (Lipinski definition) is 6. The summed E-state index contributed by atoms with van der Waals surface area (Å²) in [5.74, 6) is -0.761. The van der Waals surface area contributed by atoms with Crippen LogP contribution in [0.25, 0.3) is 0 Å². The Labute approximate surface area is 193 Å². The minimum atomic E-state index is -3.79. The highest BCUT2D eigenvalue weighted by atomic mass is 35.5. The van der Waals surface area contributed by atoms with Crippen molar-refractivity contribution in [3.63, 3.8) is 0 Å². The lowest BCUT2D eigenvalue weighted by molar-refractivity contribution is -0.115. The molecule has 0 spiro atoms. The first-order valence-corrected chi connectivity index (χ1v) is 13.6. The molecule has 11 heteroatoms. The number of methoxy groups -OCH3 is 1. The van der Waals surface area contributed by atoms with Gasteiger partial charge in [0.25, 0.3) is 0 Å². The molecule has 3 rings (SSSR count). The molecule has 1 N–H and O–H groups in total. The molecule has 0 saturated carbocycles. The third kappa shape index (κ3) is 5.80. The molecule has 1 saturated heterocycles. The highest BCUT2D eigenvalue weighted by molar-refractivity contribution is 7.91. The average Bonchev–Trinajstić information content (AvgIpc) is 2.78. The number of hydrogen-bond donors (Lipinski definition) is 1. The van der Waals surface area contributed by atoms with Crippen LogP contribution in [0.2, 0.25) is 5.02 Å². The fraction of sp³-hybridized carbons (Fsp3) is 0.381. The number of sulfone groups is 1. The Morgan fingerprint density at radius 3 is 2.31 bits per heavy atom. The fourth-order valence-electron chi connectivity index (χ4n) is 3.41. The van der Waals surface area contributed by atoms with E-state index in [1.807, 2.05) is 0 Å². The van der Waals surface area contributed by atoms with Crippen molar-refractivity contribution in [1.29, 1.82) is 0 Å². The van der Waals surface area contributed by atoms with Crippen LogP contribution in [-0.2, 0) is 24.7 Å². The van der Waals surface area contributed by atoms with Crippen molar-refractivity contribution in [2.75, 3.05) is 31.3 Å². The van der Waals surface area contributed by atoms with Crippen LogP contribution in [0.4, 0.5) is 5.69 Å². The number of rotatable bonds is 8. The summed E-state index contributed by atoms with van der Waals surface area (Å²) in [5, 5.41) is 2.99. The number of nitrogens with one attached hydrogen (secondary N) is 1. The molecule has 1 aliphatic heterocycles. The van der Waals surface area contributed by atoms with E-state index in [1.54, 1.807) is 0 Å². The maximum atomic E-state index is 13.1. The molecule has 0 aliphatic carbocycles. The number of amides is 1. The van der Waals surface area contributed by atoms with E-state index in [1.165, 1.54) is 53.9 Å². The lowest BCUT2D eigenvalue weighted by Crippen LogP contribution is -2.35. The van der Waals surface area contributed by atoms with E-state index in [0.717, 1.165) is 19.3 Å². The van der Waals surface area contributed by atoms with Crippen LogP contribution >= 0.6 is 11.6 Å². The maximum Gasteiger partial charge on any atom is 0.246 e. The molecule has 0 radical (unpaired) electrons. The molecule has 2 aromatic carbocycles. The van der Waals surface area contributed by atoms with Gasteiger partial charge in [0.2, 0.25) is 15.9 Å². The number of halogens is 1. The molecular formula is C21H25ClN2O6S2. The van der Waals surface area contributed by atoms with Gasteiger partial charge in [-0.2, -0.15) is 4.31 Å². The molecule has 0 bridgehead atoms. The molecule has 1 heterocycles. The molecule has 1 amide bonds. The number of carbonyl (C=O) groups is 1. The van der Waals surface area contributed by atoms with Gasteiger partial charge in [-0.15, -0.1) is 0 Å². The van der Waals surface area contributed by atoms with Gasteiger partial charge in [0.15, 0.2) is 9.84 Å². The number of benzene rings is 2. The van der Waals surface area contributed by atoms with Gasteiger partial charge < -0.3 is 10.1 Å². The average molecular weight is 501 g/mol. The maximum absolute atomic E-state index is 13.1. The van der Waals surface area contributed by atoms with Crippen LogP contribution < -0.4 is 10.1 Å². The second-order valence-electron chi connectivity index (χ2n) is 7.40. The van der Waals surface area contributed by atoms with Gasteiger partial charge in [-0.3, -0.25) is 4.79 Å². The van der Waals surface area contributed by atoms with Gasteiger partial charge >= 0.3 is 0 Å². The Morgan fingerprint density at radius 1 is 1.03 bits per heavy atom. The minimum absolute atomic E-state index is 0.0338. The van der Waals surface area contributed by atoms with E-state index < -0.39 is 31.5 Å². The topological polar surface area (TPSA) is 110 Å². The van der Waals surface area contributed by atoms with Crippen molar-refractivity contribution in [3.05, 3.63) is 47.5 Å². The Balaban J connectivity index is 1.72. The molecule has 0 unspecified atom stereocenters. The zero-order chi connectivity index (χ0) is 23.4. The molecule has 32 heavy (non-hydrogen) atoms. The predicted molar refractivity (Wildman–Crippen MR) is 122 cm³/mol. The first-order chi connectivity index (χ1) is 15.1. The first-order valence-electron chi connectivity index (χ1n) is 10.1. The molecule has 0 atom stereocenters. The highest BCUT2D eigenvalue weighted by Gasteiger charge is 2.29.